The normalized spacial score (nSPS) is 11.8. The molecule has 0 saturated carbocycles. The first-order valence-corrected chi connectivity index (χ1v) is 7.88. The molecular weight excluding hydrogens is 337 g/mol. The molecule has 0 fully saturated rings. The zero-order valence-electron chi connectivity index (χ0n) is 12.5. The fourth-order valence-corrected chi connectivity index (χ4v) is 2.68. The third kappa shape index (κ3) is 4.58. The number of rotatable bonds is 6. The summed E-state index contributed by atoms with van der Waals surface area (Å²) in [5.41, 5.74) is 0.953. The van der Waals surface area contributed by atoms with Crippen LogP contribution in [0.4, 0.5) is 5.82 Å². The number of aliphatic hydroxyl groups is 1. The molecule has 1 aromatic carbocycles. The standard InChI is InChI=1S/C16H17Cl2N3O2/c1-2-19-16(23)10-6-7-14(20-8-10)21-9-13(22)15-11(17)4-3-5-12(15)18/h3-8,13,22H,2,9H2,1H3,(H,19,23)(H,20,21). The Balaban J connectivity index is 1.99. The minimum Gasteiger partial charge on any atom is -0.386 e. The number of pyridine rings is 1. The van der Waals surface area contributed by atoms with Crippen LogP contribution in [0.3, 0.4) is 0 Å². The van der Waals surface area contributed by atoms with Crippen LogP contribution >= 0.6 is 23.2 Å². The Morgan fingerprint density at radius 3 is 2.52 bits per heavy atom. The highest BCUT2D eigenvalue weighted by Crippen LogP contribution is 2.30. The summed E-state index contributed by atoms with van der Waals surface area (Å²) < 4.78 is 0. The largest absolute Gasteiger partial charge is 0.386 e. The molecule has 0 aliphatic rings. The van der Waals surface area contributed by atoms with Gasteiger partial charge in [0.25, 0.3) is 5.91 Å². The van der Waals surface area contributed by atoms with Gasteiger partial charge in [0, 0.05) is 34.9 Å². The highest BCUT2D eigenvalue weighted by Gasteiger charge is 2.15. The lowest BCUT2D eigenvalue weighted by Crippen LogP contribution is -2.22. The molecule has 3 N–H and O–H groups in total. The molecule has 0 aliphatic carbocycles. The molecule has 5 nitrogen and oxygen atoms in total. The molecule has 1 aromatic heterocycles. The van der Waals surface area contributed by atoms with Crippen LogP contribution in [0.25, 0.3) is 0 Å². The molecule has 1 heterocycles. The second-order valence-electron chi connectivity index (χ2n) is 4.82. The van der Waals surface area contributed by atoms with Gasteiger partial charge in [-0.2, -0.15) is 0 Å². The Kier molecular flexibility index (Phi) is 6.21. The van der Waals surface area contributed by atoms with Gasteiger partial charge in [-0.25, -0.2) is 4.98 Å². The third-order valence-electron chi connectivity index (χ3n) is 3.17. The summed E-state index contributed by atoms with van der Waals surface area (Å²) in [6.07, 6.45) is 0.600. The summed E-state index contributed by atoms with van der Waals surface area (Å²) >= 11 is 12.1. The second-order valence-corrected chi connectivity index (χ2v) is 5.64. The molecule has 0 aliphatic heterocycles. The second kappa shape index (κ2) is 8.15. The van der Waals surface area contributed by atoms with E-state index in [9.17, 15) is 9.90 Å². The van der Waals surface area contributed by atoms with Crippen LogP contribution in [-0.4, -0.2) is 29.1 Å². The number of carbonyl (C=O) groups excluding carboxylic acids is 1. The molecule has 122 valence electrons. The lowest BCUT2D eigenvalue weighted by molar-refractivity contribution is 0.0955. The maximum absolute atomic E-state index is 11.6. The van der Waals surface area contributed by atoms with Crippen molar-refractivity contribution in [2.75, 3.05) is 18.4 Å². The van der Waals surface area contributed by atoms with Crippen molar-refractivity contribution in [3.05, 3.63) is 57.7 Å². The Morgan fingerprint density at radius 1 is 1.26 bits per heavy atom. The molecule has 1 unspecified atom stereocenters. The molecule has 1 amide bonds. The van der Waals surface area contributed by atoms with E-state index in [1.807, 2.05) is 6.92 Å². The van der Waals surface area contributed by atoms with Crippen molar-refractivity contribution in [2.24, 2.45) is 0 Å². The van der Waals surface area contributed by atoms with Crippen molar-refractivity contribution in [1.82, 2.24) is 10.3 Å². The number of anilines is 1. The number of nitrogens with one attached hydrogen (secondary N) is 2. The average molecular weight is 354 g/mol. The van der Waals surface area contributed by atoms with Gasteiger partial charge >= 0.3 is 0 Å². The molecule has 7 heteroatoms. The smallest absolute Gasteiger partial charge is 0.252 e. The Bertz CT molecular complexity index is 657. The van der Waals surface area contributed by atoms with Crippen LogP contribution in [-0.2, 0) is 0 Å². The fraction of sp³-hybridized carbons (Fsp3) is 0.250. The van der Waals surface area contributed by atoms with E-state index in [2.05, 4.69) is 15.6 Å². The van der Waals surface area contributed by atoms with Crippen LogP contribution in [0.15, 0.2) is 36.5 Å². The van der Waals surface area contributed by atoms with Crippen LogP contribution < -0.4 is 10.6 Å². The van der Waals surface area contributed by atoms with Gasteiger partial charge < -0.3 is 15.7 Å². The van der Waals surface area contributed by atoms with E-state index in [4.69, 9.17) is 23.2 Å². The van der Waals surface area contributed by atoms with E-state index in [0.717, 1.165) is 0 Å². The van der Waals surface area contributed by atoms with E-state index in [1.165, 1.54) is 6.20 Å². The first kappa shape index (κ1) is 17.5. The highest BCUT2D eigenvalue weighted by atomic mass is 35.5. The van der Waals surface area contributed by atoms with E-state index in [1.54, 1.807) is 30.3 Å². The van der Waals surface area contributed by atoms with Crippen LogP contribution in [0.2, 0.25) is 10.0 Å². The molecule has 23 heavy (non-hydrogen) atoms. The summed E-state index contributed by atoms with van der Waals surface area (Å²) in [4.78, 5) is 15.8. The summed E-state index contributed by atoms with van der Waals surface area (Å²) in [6, 6.07) is 8.40. The van der Waals surface area contributed by atoms with Crippen molar-refractivity contribution in [1.29, 1.82) is 0 Å². The molecule has 0 saturated heterocycles. The van der Waals surface area contributed by atoms with Crippen molar-refractivity contribution in [2.45, 2.75) is 13.0 Å². The third-order valence-corrected chi connectivity index (χ3v) is 3.83. The van der Waals surface area contributed by atoms with Gasteiger partial charge in [-0.15, -0.1) is 0 Å². The Morgan fingerprint density at radius 2 is 1.96 bits per heavy atom. The van der Waals surface area contributed by atoms with Gasteiger partial charge in [-0.1, -0.05) is 29.3 Å². The zero-order chi connectivity index (χ0) is 16.8. The summed E-state index contributed by atoms with van der Waals surface area (Å²) in [5, 5.41) is 16.7. The van der Waals surface area contributed by atoms with Crippen LogP contribution in [0.5, 0.6) is 0 Å². The number of hydrogen-bond donors (Lipinski definition) is 3. The first-order chi connectivity index (χ1) is 11.0. The predicted molar refractivity (Wildman–Crippen MR) is 92.2 cm³/mol. The molecule has 0 radical (unpaired) electrons. The topological polar surface area (TPSA) is 74.2 Å². The molecule has 2 rings (SSSR count). The van der Waals surface area contributed by atoms with E-state index in [0.29, 0.717) is 33.5 Å². The number of benzene rings is 1. The summed E-state index contributed by atoms with van der Waals surface area (Å²) in [7, 11) is 0. The lowest BCUT2D eigenvalue weighted by Gasteiger charge is -2.15. The number of aliphatic hydroxyl groups excluding tert-OH is 1. The van der Waals surface area contributed by atoms with E-state index in [-0.39, 0.29) is 12.5 Å². The van der Waals surface area contributed by atoms with Gasteiger partial charge in [-0.3, -0.25) is 4.79 Å². The Labute approximate surface area is 144 Å². The number of hydrogen-bond acceptors (Lipinski definition) is 4. The number of nitrogens with zero attached hydrogens (tertiary/aromatic N) is 1. The lowest BCUT2D eigenvalue weighted by atomic mass is 10.1. The molecular formula is C16H17Cl2N3O2. The van der Waals surface area contributed by atoms with Gasteiger partial charge in [0.15, 0.2) is 0 Å². The molecule has 2 aromatic rings. The first-order valence-electron chi connectivity index (χ1n) is 7.13. The quantitative estimate of drug-likeness (QED) is 0.744. The van der Waals surface area contributed by atoms with Crippen molar-refractivity contribution >= 4 is 34.9 Å². The van der Waals surface area contributed by atoms with Crippen LogP contribution in [0.1, 0.15) is 28.9 Å². The SMILES string of the molecule is CCNC(=O)c1ccc(NCC(O)c2c(Cl)cccc2Cl)nc1. The predicted octanol–water partition coefficient (Wildman–Crippen LogP) is 3.28. The zero-order valence-corrected chi connectivity index (χ0v) is 14.0. The molecule has 0 bridgehead atoms. The maximum atomic E-state index is 11.6. The van der Waals surface area contributed by atoms with Gasteiger partial charge in [-0.05, 0) is 31.2 Å². The highest BCUT2D eigenvalue weighted by molar-refractivity contribution is 6.36. The van der Waals surface area contributed by atoms with Gasteiger partial charge in [0.1, 0.15) is 5.82 Å². The Hall–Kier alpha value is -1.82. The van der Waals surface area contributed by atoms with Crippen molar-refractivity contribution < 1.29 is 9.90 Å². The fourth-order valence-electron chi connectivity index (χ4n) is 2.03. The van der Waals surface area contributed by atoms with Gasteiger partial charge in [0.05, 0.1) is 11.7 Å². The van der Waals surface area contributed by atoms with Crippen LogP contribution in [0, 0.1) is 0 Å². The number of amides is 1. The van der Waals surface area contributed by atoms with E-state index >= 15 is 0 Å². The molecule has 1 atom stereocenters. The number of aromatic nitrogens is 1. The molecule has 0 spiro atoms. The van der Waals surface area contributed by atoms with Crippen molar-refractivity contribution in [3.8, 4) is 0 Å². The minimum absolute atomic E-state index is 0.172. The van der Waals surface area contributed by atoms with Crippen molar-refractivity contribution in [3.63, 3.8) is 0 Å². The van der Waals surface area contributed by atoms with Gasteiger partial charge in [0.2, 0.25) is 0 Å². The minimum atomic E-state index is -0.874. The summed E-state index contributed by atoms with van der Waals surface area (Å²) in [6.45, 7) is 2.60. The summed E-state index contributed by atoms with van der Waals surface area (Å²) in [5.74, 6) is 0.370. The van der Waals surface area contributed by atoms with E-state index < -0.39 is 6.10 Å². The number of halogens is 2. The number of carbonyl (C=O) groups is 1. The monoisotopic (exact) mass is 353 g/mol. The average Bonchev–Trinajstić information content (AvgIpc) is 2.53. The maximum Gasteiger partial charge on any atom is 0.252 e.